The van der Waals surface area contributed by atoms with Gasteiger partial charge in [0, 0.05) is 6.42 Å². The Morgan fingerprint density at radius 2 is 1.94 bits per heavy atom. The smallest absolute Gasteiger partial charge is 0.319 e. The molecule has 0 radical (unpaired) electrons. The lowest BCUT2D eigenvalue weighted by atomic mass is 9.80. The Hall–Kier alpha value is -0.860. The highest BCUT2D eigenvalue weighted by Crippen LogP contribution is 2.40. The van der Waals surface area contributed by atoms with E-state index in [1.165, 1.54) is 19.3 Å². The normalized spacial score (nSPS) is 23.3. The monoisotopic (exact) mass is 254 g/mol. The molecule has 0 bridgehead atoms. The molecule has 0 heterocycles. The summed E-state index contributed by atoms with van der Waals surface area (Å²) in [5.41, 5.74) is -0.789. The van der Waals surface area contributed by atoms with Gasteiger partial charge < -0.3 is 4.74 Å². The highest BCUT2D eigenvalue weighted by atomic mass is 16.5. The molecule has 3 nitrogen and oxygen atoms in total. The summed E-state index contributed by atoms with van der Waals surface area (Å²) < 4.78 is 5.12. The maximum absolute atomic E-state index is 12.1. The van der Waals surface area contributed by atoms with Crippen molar-refractivity contribution >= 4 is 11.8 Å². The zero-order valence-corrected chi connectivity index (χ0v) is 11.8. The van der Waals surface area contributed by atoms with Crippen LogP contribution in [-0.4, -0.2) is 18.4 Å². The van der Waals surface area contributed by atoms with E-state index in [4.69, 9.17) is 4.74 Å². The number of hydrogen-bond acceptors (Lipinski definition) is 3. The summed E-state index contributed by atoms with van der Waals surface area (Å²) in [4.78, 5) is 24.1. The quantitative estimate of drug-likeness (QED) is 0.377. The molecule has 1 fully saturated rings. The second-order valence-corrected chi connectivity index (χ2v) is 5.24. The number of Topliss-reactive ketones (excluding diaryl/α,β-unsaturated/α-hetero) is 1. The third-order valence-corrected chi connectivity index (χ3v) is 3.91. The summed E-state index contributed by atoms with van der Waals surface area (Å²) in [6.45, 7) is 4.34. The first kappa shape index (κ1) is 15.2. The van der Waals surface area contributed by atoms with Crippen molar-refractivity contribution < 1.29 is 14.3 Å². The van der Waals surface area contributed by atoms with E-state index in [1.807, 2.05) is 0 Å². The molecule has 0 aliphatic heterocycles. The van der Waals surface area contributed by atoms with Gasteiger partial charge in [0.15, 0.2) is 0 Å². The Kier molecular flexibility index (Phi) is 6.37. The molecule has 0 unspecified atom stereocenters. The minimum Gasteiger partial charge on any atom is -0.465 e. The van der Waals surface area contributed by atoms with E-state index in [9.17, 15) is 9.59 Å². The van der Waals surface area contributed by atoms with Crippen LogP contribution >= 0.6 is 0 Å². The van der Waals surface area contributed by atoms with Crippen LogP contribution in [0.5, 0.6) is 0 Å². The molecule has 1 aliphatic carbocycles. The highest BCUT2D eigenvalue weighted by Gasteiger charge is 2.48. The van der Waals surface area contributed by atoms with Crippen LogP contribution in [0.1, 0.15) is 71.6 Å². The number of ketones is 1. The van der Waals surface area contributed by atoms with Gasteiger partial charge in [-0.1, -0.05) is 39.0 Å². The number of carbonyl (C=O) groups is 2. The maximum Gasteiger partial charge on any atom is 0.319 e. The van der Waals surface area contributed by atoms with Crippen molar-refractivity contribution in [2.75, 3.05) is 6.61 Å². The van der Waals surface area contributed by atoms with Crippen LogP contribution in [-0.2, 0) is 14.3 Å². The van der Waals surface area contributed by atoms with Crippen LogP contribution in [0.15, 0.2) is 0 Å². The van der Waals surface area contributed by atoms with E-state index in [0.29, 0.717) is 25.9 Å². The molecule has 1 saturated carbocycles. The summed E-state index contributed by atoms with van der Waals surface area (Å²) in [5.74, 6) is -0.167. The van der Waals surface area contributed by atoms with E-state index in [0.717, 1.165) is 19.3 Å². The molecule has 1 aliphatic rings. The van der Waals surface area contributed by atoms with Crippen LogP contribution in [0.25, 0.3) is 0 Å². The highest BCUT2D eigenvalue weighted by molar-refractivity contribution is 6.05. The number of ether oxygens (including phenoxy) is 1. The zero-order chi connectivity index (χ0) is 13.4. The van der Waals surface area contributed by atoms with Crippen LogP contribution in [0.4, 0.5) is 0 Å². The molecule has 1 rings (SSSR count). The van der Waals surface area contributed by atoms with Gasteiger partial charge in [-0.15, -0.1) is 0 Å². The first-order valence-corrected chi connectivity index (χ1v) is 7.38. The van der Waals surface area contributed by atoms with E-state index in [2.05, 4.69) is 6.92 Å². The molecule has 0 aromatic heterocycles. The van der Waals surface area contributed by atoms with E-state index >= 15 is 0 Å². The molecule has 0 saturated heterocycles. The zero-order valence-electron chi connectivity index (χ0n) is 11.8. The van der Waals surface area contributed by atoms with Crippen molar-refractivity contribution in [1.82, 2.24) is 0 Å². The van der Waals surface area contributed by atoms with Gasteiger partial charge in [-0.05, 0) is 26.2 Å². The topological polar surface area (TPSA) is 43.4 Å². The third kappa shape index (κ3) is 3.56. The lowest BCUT2D eigenvalue weighted by Gasteiger charge is -2.24. The molecule has 3 heteroatoms. The molecule has 0 aromatic carbocycles. The summed E-state index contributed by atoms with van der Waals surface area (Å²) in [5, 5.41) is 0. The lowest BCUT2D eigenvalue weighted by Crippen LogP contribution is -2.37. The molecule has 104 valence electrons. The van der Waals surface area contributed by atoms with Crippen LogP contribution < -0.4 is 0 Å². The van der Waals surface area contributed by atoms with Gasteiger partial charge in [0.2, 0.25) is 0 Å². The molecule has 0 N–H and O–H groups in total. The van der Waals surface area contributed by atoms with Gasteiger partial charge >= 0.3 is 5.97 Å². The third-order valence-electron chi connectivity index (χ3n) is 3.91. The van der Waals surface area contributed by atoms with Gasteiger partial charge in [-0.25, -0.2) is 0 Å². The number of esters is 1. The van der Waals surface area contributed by atoms with Crippen LogP contribution in [0, 0.1) is 5.41 Å². The van der Waals surface area contributed by atoms with Gasteiger partial charge in [-0.3, -0.25) is 9.59 Å². The Labute approximate surface area is 110 Å². The fourth-order valence-electron chi connectivity index (χ4n) is 2.81. The molecule has 0 spiro atoms. The first-order valence-electron chi connectivity index (χ1n) is 7.38. The van der Waals surface area contributed by atoms with Crippen LogP contribution in [0.2, 0.25) is 0 Å². The Bertz CT molecular complexity index is 285. The van der Waals surface area contributed by atoms with E-state index in [1.54, 1.807) is 6.92 Å². The Balaban J connectivity index is 2.51. The predicted octanol–water partition coefficient (Wildman–Crippen LogP) is 3.65. The minimum atomic E-state index is -0.789. The minimum absolute atomic E-state index is 0.108. The van der Waals surface area contributed by atoms with E-state index in [-0.39, 0.29) is 11.8 Å². The maximum atomic E-state index is 12.1. The largest absolute Gasteiger partial charge is 0.465 e. The van der Waals surface area contributed by atoms with Crippen molar-refractivity contribution in [2.24, 2.45) is 5.41 Å². The van der Waals surface area contributed by atoms with Crippen molar-refractivity contribution in [3.63, 3.8) is 0 Å². The number of carbonyl (C=O) groups excluding carboxylic acids is 2. The molecule has 1 atom stereocenters. The second-order valence-electron chi connectivity index (χ2n) is 5.24. The van der Waals surface area contributed by atoms with E-state index < -0.39 is 5.41 Å². The summed E-state index contributed by atoms with van der Waals surface area (Å²) in [7, 11) is 0. The fraction of sp³-hybridized carbons (Fsp3) is 0.867. The Morgan fingerprint density at radius 3 is 2.50 bits per heavy atom. The predicted molar refractivity (Wildman–Crippen MR) is 71.3 cm³/mol. The number of hydrogen-bond donors (Lipinski definition) is 0. The number of rotatable bonds is 8. The average molecular weight is 254 g/mol. The molecule has 18 heavy (non-hydrogen) atoms. The van der Waals surface area contributed by atoms with Gasteiger partial charge in [-0.2, -0.15) is 0 Å². The molecule has 0 aromatic rings. The standard InChI is InChI=1S/C15H26O3/c1-3-5-6-7-8-11-15(14(17)18-4-2)12-9-10-13(15)16/h3-12H2,1-2H3/t15-/m0/s1. The Morgan fingerprint density at radius 1 is 1.22 bits per heavy atom. The van der Waals surface area contributed by atoms with Gasteiger partial charge in [0.1, 0.15) is 11.2 Å². The number of unbranched alkanes of at least 4 members (excludes halogenated alkanes) is 4. The van der Waals surface area contributed by atoms with Crippen molar-refractivity contribution in [3.05, 3.63) is 0 Å². The molecular weight excluding hydrogens is 228 g/mol. The lowest BCUT2D eigenvalue weighted by molar-refractivity contribution is -0.159. The average Bonchev–Trinajstić information content (AvgIpc) is 2.72. The van der Waals surface area contributed by atoms with Crippen LogP contribution in [0.3, 0.4) is 0 Å². The summed E-state index contributed by atoms with van der Waals surface area (Å²) in [6.07, 6.45) is 8.49. The SMILES string of the molecule is CCCCCCC[C@]1(C(=O)OCC)CCCC1=O. The first-order chi connectivity index (χ1) is 8.67. The van der Waals surface area contributed by atoms with Crippen molar-refractivity contribution in [3.8, 4) is 0 Å². The van der Waals surface area contributed by atoms with Crippen molar-refractivity contribution in [1.29, 1.82) is 0 Å². The fourth-order valence-corrected chi connectivity index (χ4v) is 2.81. The van der Waals surface area contributed by atoms with Crippen molar-refractivity contribution in [2.45, 2.75) is 71.6 Å². The molecule has 0 amide bonds. The summed E-state index contributed by atoms with van der Waals surface area (Å²) in [6, 6.07) is 0. The summed E-state index contributed by atoms with van der Waals surface area (Å²) >= 11 is 0. The molecular formula is C15H26O3. The second kappa shape index (κ2) is 7.55. The van der Waals surface area contributed by atoms with Gasteiger partial charge in [0.25, 0.3) is 0 Å². The van der Waals surface area contributed by atoms with Gasteiger partial charge in [0.05, 0.1) is 6.61 Å².